The first-order valence-electron chi connectivity index (χ1n) is 8.75. The molecule has 0 spiro atoms. The number of nitrogens with one attached hydrogen (secondary N) is 2. The van der Waals surface area contributed by atoms with E-state index in [1.807, 2.05) is 56.3 Å². The number of anilines is 3. The second kappa shape index (κ2) is 9.09. The van der Waals surface area contributed by atoms with Gasteiger partial charge < -0.3 is 15.7 Å². The third kappa shape index (κ3) is 5.14. The molecule has 0 aliphatic carbocycles. The molecule has 27 heavy (non-hydrogen) atoms. The lowest BCUT2D eigenvalue weighted by Crippen LogP contribution is -2.30. The molecule has 0 aliphatic heterocycles. The van der Waals surface area contributed by atoms with E-state index in [9.17, 15) is 5.11 Å². The monoisotopic (exact) mass is 475 g/mol. The highest BCUT2D eigenvalue weighted by atomic mass is 127. The number of aliphatic hydroxyl groups is 1. The smallest absolute Gasteiger partial charge is 0.225 e. The predicted molar refractivity (Wildman–Crippen MR) is 117 cm³/mol. The fraction of sp³-hybridized carbons (Fsp3) is 0.250. The van der Waals surface area contributed by atoms with E-state index >= 15 is 0 Å². The van der Waals surface area contributed by atoms with E-state index in [2.05, 4.69) is 48.2 Å². The standard InChI is InChI=1S/C20H22IN5O/c1-13(2)18(12-27)25-20-24-17(14-7-9-22-10-8-14)11-19(26-20)23-16-6-4-3-5-15(16)21/h3-11,13,18,27H,12H2,1-2H3,(H2,23,24,25,26)/t18-/m0/s1. The van der Waals surface area contributed by atoms with Crippen LogP contribution < -0.4 is 10.6 Å². The summed E-state index contributed by atoms with van der Waals surface area (Å²) in [5.41, 5.74) is 2.71. The van der Waals surface area contributed by atoms with E-state index in [0.717, 1.165) is 20.5 Å². The Labute approximate surface area is 172 Å². The number of aromatic nitrogens is 3. The minimum Gasteiger partial charge on any atom is -0.394 e. The Kier molecular flexibility index (Phi) is 6.57. The maximum Gasteiger partial charge on any atom is 0.225 e. The second-order valence-electron chi connectivity index (χ2n) is 6.48. The molecule has 1 aromatic carbocycles. The summed E-state index contributed by atoms with van der Waals surface area (Å²) in [7, 11) is 0. The molecule has 0 radical (unpaired) electrons. The molecule has 0 saturated carbocycles. The maximum absolute atomic E-state index is 9.64. The lowest BCUT2D eigenvalue weighted by Gasteiger charge is -2.21. The topological polar surface area (TPSA) is 83.0 Å². The SMILES string of the molecule is CC(C)[C@H](CO)Nc1nc(Nc2ccccc2I)cc(-c2ccncc2)n1. The Hall–Kier alpha value is -2.26. The van der Waals surface area contributed by atoms with Crippen molar-refractivity contribution in [2.75, 3.05) is 17.2 Å². The van der Waals surface area contributed by atoms with Gasteiger partial charge in [-0.25, -0.2) is 4.98 Å². The number of hydrogen-bond donors (Lipinski definition) is 3. The van der Waals surface area contributed by atoms with Crippen LogP contribution in [0, 0.1) is 9.49 Å². The first-order chi connectivity index (χ1) is 13.1. The van der Waals surface area contributed by atoms with E-state index in [0.29, 0.717) is 11.8 Å². The van der Waals surface area contributed by atoms with Gasteiger partial charge in [0.15, 0.2) is 0 Å². The summed E-state index contributed by atoms with van der Waals surface area (Å²) in [5.74, 6) is 1.41. The van der Waals surface area contributed by atoms with Gasteiger partial charge in [-0.2, -0.15) is 4.98 Å². The van der Waals surface area contributed by atoms with Crippen molar-refractivity contribution in [2.45, 2.75) is 19.9 Å². The van der Waals surface area contributed by atoms with Gasteiger partial charge in [0.1, 0.15) is 5.82 Å². The van der Waals surface area contributed by atoms with Gasteiger partial charge >= 0.3 is 0 Å². The van der Waals surface area contributed by atoms with Gasteiger partial charge in [-0.05, 0) is 52.8 Å². The van der Waals surface area contributed by atoms with Crippen LogP contribution in [0.1, 0.15) is 13.8 Å². The summed E-state index contributed by atoms with van der Waals surface area (Å²) >= 11 is 2.29. The fourth-order valence-electron chi connectivity index (χ4n) is 2.54. The zero-order valence-corrected chi connectivity index (χ0v) is 17.4. The quantitative estimate of drug-likeness (QED) is 0.442. The Morgan fingerprint density at radius 1 is 1.07 bits per heavy atom. The number of halogens is 1. The molecular formula is C20H22IN5O. The molecule has 3 aromatic rings. The molecule has 2 aromatic heterocycles. The summed E-state index contributed by atoms with van der Waals surface area (Å²) in [5, 5.41) is 16.3. The average molecular weight is 475 g/mol. The van der Waals surface area contributed by atoms with Crippen LogP contribution in [0.3, 0.4) is 0 Å². The summed E-state index contributed by atoms with van der Waals surface area (Å²) < 4.78 is 1.10. The van der Waals surface area contributed by atoms with Crippen molar-refractivity contribution in [1.82, 2.24) is 15.0 Å². The van der Waals surface area contributed by atoms with E-state index in [4.69, 9.17) is 0 Å². The predicted octanol–water partition coefficient (Wildman–Crippen LogP) is 4.32. The largest absolute Gasteiger partial charge is 0.394 e. The van der Waals surface area contributed by atoms with Crippen molar-refractivity contribution >= 4 is 40.0 Å². The highest BCUT2D eigenvalue weighted by Crippen LogP contribution is 2.26. The van der Waals surface area contributed by atoms with Crippen LogP contribution in [-0.2, 0) is 0 Å². The van der Waals surface area contributed by atoms with E-state index in [1.54, 1.807) is 12.4 Å². The maximum atomic E-state index is 9.64. The van der Waals surface area contributed by atoms with Crippen molar-refractivity contribution in [2.24, 2.45) is 5.92 Å². The van der Waals surface area contributed by atoms with Crippen LogP contribution in [0.4, 0.5) is 17.5 Å². The van der Waals surface area contributed by atoms with Crippen LogP contribution in [0.2, 0.25) is 0 Å². The third-order valence-electron chi connectivity index (χ3n) is 4.15. The Bertz CT molecular complexity index is 889. The van der Waals surface area contributed by atoms with Crippen LogP contribution >= 0.6 is 22.6 Å². The van der Waals surface area contributed by atoms with E-state index in [-0.39, 0.29) is 18.6 Å². The number of hydrogen-bond acceptors (Lipinski definition) is 6. The van der Waals surface area contributed by atoms with Crippen molar-refractivity contribution < 1.29 is 5.11 Å². The lowest BCUT2D eigenvalue weighted by atomic mass is 10.1. The summed E-state index contributed by atoms with van der Waals surface area (Å²) in [6.07, 6.45) is 3.48. The summed E-state index contributed by atoms with van der Waals surface area (Å²) in [6, 6.07) is 13.6. The van der Waals surface area contributed by atoms with Crippen molar-refractivity contribution in [3.8, 4) is 11.3 Å². The lowest BCUT2D eigenvalue weighted by molar-refractivity contribution is 0.248. The molecule has 3 N–H and O–H groups in total. The highest BCUT2D eigenvalue weighted by molar-refractivity contribution is 14.1. The molecule has 0 unspecified atom stereocenters. The van der Waals surface area contributed by atoms with Gasteiger partial charge in [0, 0.05) is 27.6 Å². The van der Waals surface area contributed by atoms with Crippen LogP contribution in [0.5, 0.6) is 0 Å². The molecule has 3 rings (SSSR count). The van der Waals surface area contributed by atoms with E-state index in [1.165, 1.54) is 0 Å². The first-order valence-corrected chi connectivity index (χ1v) is 9.83. The molecule has 0 aliphatic rings. The zero-order chi connectivity index (χ0) is 19.2. The molecule has 140 valence electrons. The van der Waals surface area contributed by atoms with Crippen LogP contribution in [0.25, 0.3) is 11.3 Å². The number of rotatable bonds is 7. The normalized spacial score (nSPS) is 12.0. The zero-order valence-electron chi connectivity index (χ0n) is 15.2. The van der Waals surface area contributed by atoms with Crippen molar-refractivity contribution in [3.05, 3.63) is 58.4 Å². The van der Waals surface area contributed by atoms with Gasteiger partial charge in [0.2, 0.25) is 5.95 Å². The summed E-state index contributed by atoms with van der Waals surface area (Å²) in [4.78, 5) is 13.3. The minimum absolute atomic E-state index is 0.0137. The molecule has 0 bridgehead atoms. The Balaban J connectivity index is 1.99. The van der Waals surface area contributed by atoms with Gasteiger partial charge in [0.25, 0.3) is 0 Å². The Morgan fingerprint density at radius 3 is 2.48 bits per heavy atom. The van der Waals surface area contributed by atoms with Crippen molar-refractivity contribution in [1.29, 1.82) is 0 Å². The van der Waals surface area contributed by atoms with Crippen LogP contribution in [0.15, 0.2) is 54.9 Å². The number of aliphatic hydroxyl groups excluding tert-OH is 1. The number of pyridine rings is 1. The molecule has 0 fully saturated rings. The molecule has 0 amide bonds. The van der Waals surface area contributed by atoms with Crippen molar-refractivity contribution in [3.63, 3.8) is 0 Å². The van der Waals surface area contributed by atoms with Crippen LogP contribution in [-0.4, -0.2) is 32.7 Å². The Morgan fingerprint density at radius 2 is 1.81 bits per heavy atom. The number of benzene rings is 1. The van der Waals surface area contributed by atoms with Gasteiger partial charge in [0.05, 0.1) is 24.0 Å². The van der Waals surface area contributed by atoms with Gasteiger partial charge in [-0.1, -0.05) is 26.0 Å². The molecule has 1 atom stereocenters. The van der Waals surface area contributed by atoms with Gasteiger partial charge in [-0.3, -0.25) is 4.98 Å². The summed E-state index contributed by atoms with van der Waals surface area (Å²) in [6.45, 7) is 4.11. The van der Waals surface area contributed by atoms with E-state index < -0.39 is 0 Å². The number of para-hydroxylation sites is 1. The molecular weight excluding hydrogens is 453 g/mol. The first kappa shape index (κ1) is 19.5. The fourth-order valence-corrected chi connectivity index (χ4v) is 3.06. The molecule has 7 heteroatoms. The minimum atomic E-state index is -0.123. The molecule has 6 nitrogen and oxygen atoms in total. The molecule has 0 saturated heterocycles. The number of nitrogens with zero attached hydrogens (tertiary/aromatic N) is 3. The highest BCUT2D eigenvalue weighted by Gasteiger charge is 2.15. The second-order valence-corrected chi connectivity index (χ2v) is 7.64. The molecule has 2 heterocycles. The third-order valence-corrected chi connectivity index (χ3v) is 5.10. The van der Waals surface area contributed by atoms with Gasteiger partial charge in [-0.15, -0.1) is 0 Å². The average Bonchev–Trinajstić information content (AvgIpc) is 2.68.